The number of anilines is 1. The monoisotopic (exact) mass is 538 g/mol. The van der Waals surface area contributed by atoms with E-state index < -0.39 is 21.8 Å². The summed E-state index contributed by atoms with van der Waals surface area (Å²) in [4.78, 5) is 23.7. The highest BCUT2D eigenvalue weighted by Crippen LogP contribution is 2.39. The molecule has 38 heavy (non-hydrogen) atoms. The zero-order valence-corrected chi connectivity index (χ0v) is 22.0. The summed E-state index contributed by atoms with van der Waals surface area (Å²) in [5.41, 5.74) is 2.01. The van der Waals surface area contributed by atoms with Gasteiger partial charge in [-0.15, -0.1) is 0 Å². The zero-order chi connectivity index (χ0) is 27.0. The summed E-state index contributed by atoms with van der Waals surface area (Å²) < 4.78 is 52.9. The molecule has 9 nitrogen and oxygen atoms in total. The molecular formula is C27H27FN4O5S. The minimum atomic E-state index is -4.02. The SMILES string of the molecule is CCOC(=O)c1cn(S(=O)(=O)c2ccc(C)cc2)c2ccc(N3CCC[C@@H]3c3cc(F)cnc3OC)nc12. The number of benzene rings is 1. The second kappa shape index (κ2) is 10.1. The van der Waals surface area contributed by atoms with Gasteiger partial charge in [-0.2, -0.15) is 0 Å². The van der Waals surface area contributed by atoms with Crippen LogP contribution < -0.4 is 9.64 Å². The maximum atomic E-state index is 14.1. The Morgan fingerprint density at radius 2 is 1.95 bits per heavy atom. The van der Waals surface area contributed by atoms with E-state index in [4.69, 9.17) is 14.5 Å². The van der Waals surface area contributed by atoms with Gasteiger partial charge in [-0.25, -0.2) is 31.5 Å². The smallest absolute Gasteiger partial charge is 0.341 e. The lowest BCUT2D eigenvalue weighted by Gasteiger charge is -2.27. The second-order valence-electron chi connectivity index (χ2n) is 9.02. The number of esters is 1. The van der Waals surface area contributed by atoms with E-state index in [1.807, 2.05) is 11.8 Å². The third-order valence-corrected chi connectivity index (χ3v) is 8.30. The topological polar surface area (TPSA) is 104 Å². The van der Waals surface area contributed by atoms with Crippen LogP contribution in [0.2, 0.25) is 0 Å². The van der Waals surface area contributed by atoms with Gasteiger partial charge in [0, 0.05) is 18.3 Å². The predicted octanol–water partition coefficient (Wildman–Crippen LogP) is 4.64. The lowest BCUT2D eigenvalue weighted by molar-refractivity contribution is 0.0528. The van der Waals surface area contributed by atoms with Gasteiger partial charge in [-0.1, -0.05) is 17.7 Å². The summed E-state index contributed by atoms with van der Waals surface area (Å²) >= 11 is 0. The van der Waals surface area contributed by atoms with Gasteiger partial charge >= 0.3 is 5.97 Å². The minimum Gasteiger partial charge on any atom is -0.481 e. The van der Waals surface area contributed by atoms with Crippen molar-refractivity contribution in [1.29, 1.82) is 0 Å². The molecule has 11 heteroatoms. The van der Waals surface area contributed by atoms with E-state index in [1.54, 1.807) is 31.2 Å². The van der Waals surface area contributed by atoms with E-state index in [9.17, 15) is 17.6 Å². The first-order valence-electron chi connectivity index (χ1n) is 12.2. The number of nitrogens with zero attached hydrogens (tertiary/aromatic N) is 4. The Morgan fingerprint density at radius 1 is 1.18 bits per heavy atom. The standard InChI is InChI=1S/C27H27FN4O5S/c1-4-37-27(33)21-16-32(38(34,35)19-9-7-17(2)8-10-19)23-11-12-24(30-25(21)23)31-13-5-6-22(31)20-14-18(28)15-29-26(20)36-3/h7-12,14-16,22H,4-6,13H2,1-3H3/t22-/m1/s1. The van der Waals surface area contributed by atoms with Gasteiger partial charge in [0.25, 0.3) is 10.0 Å². The van der Waals surface area contributed by atoms with E-state index in [0.717, 1.165) is 28.6 Å². The van der Waals surface area contributed by atoms with Crippen molar-refractivity contribution in [1.82, 2.24) is 13.9 Å². The fourth-order valence-electron chi connectivity index (χ4n) is 4.82. The number of halogens is 1. The molecule has 1 aliphatic rings. The number of hydrogen-bond acceptors (Lipinski definition) is 8. The van der Waals surface area contributed by atoms with Gasteiger partial charge in [0.15, 0.2) is 0 Å². The van der Waals surface area contributed by atoms with Crippen LogP contribution in [0.3, 0.4) is 0 Å². The van der Waals surface area contributed by atoms with Crippen molar-refractivity contribution >= 4 is 32.8 Å². The molecule has 1 saturated heterocycles. The number of aryl methyl sites for hydroxylation is 1. The van der Waals surface area contributed by atoms with Crippen LogP contribution in [0.25, 0.3) is 11.0 Å². The third-order valence-electron chi connectivity index (χ3n) is 6.62. The van der Waals surface area contributed by atoms with Gasteiger partial charge in [0.05, 0.1) is 36.4 Å². The van der Waals surface area contributed by atoms with Crippen molar-refractivity contribution in [2.45, 2.75) is 37.6 Å². The first kappa shape index (κ1) is 25.7. The summed E-state index contributed by atoms with van der Waals surface area (Å²) in [6, 6.07) is 11.0. The molecule has 0 radical (unpaired) electrons. The van der Waals surface area contributed by atoms with Crippen LogP contribution in [0.15, 0.2) is 59.8 Å². The molecule has 5 rings (SSSR count). The van der Waals surface area contributed by atoms with E-state index in [2.05, 4.69) is 4.98 Å². The number of aromatic nitrogens is 3. The van der Waals surface area contributed by atoms with Crippen LogP contribution in [0.1, 0.15) is 47.3 Å². The minimum absolute atomic E-state index is 0.0418. The molecule has 1 atom stereocenters. The van der Waals surface area contributed by atoms with E-state index in [-0.39, 0.29) is 34.1 Å². The second-order valence-corrected chi connectivity index (χ2v) is 10.8. The lowest BCUT2D eigenvalue weighted by Crippen LogP contribution is -2.24. The van der Waals surface area contributed by atoms with Crippen LogP contribution in [0.4, 0.5) is 10.2 Å². The zero-order valence-electron chi connectivity index (χ0n) is 21.2. The highest BCUT2D eigenvalue weighted by molar-refractivity contribution is 7.90. The molecule has 1 aromatic carbocycles. The summed E-state index contributed by atoms with van der Waals surface area (Å²) in [5.74, 6) is -0.303. The molecular weight excluding hydrogens is 511 g/mol. The number of carbonyl (C=O) groups excluding carboxylic acids is 1. The van der Waals surface area contributed by atoms with Gasteiger partial charge in [0.2, 0.25) is 5.88 Å². The Kier molecular flexibility index (Phi) is 6.78. The molecule has 198 valence electrons. The molecule has 0 bridgehead atoms. The van der Waals surface area contributed by atoms with Crippen molar-refractivity contribution in [3.63, 3.8) is 0 Å². The normalized spacial score (nSPS) is 15.7. The Morgan fingerprint density at radius 3 is 2.66 bits per heavy atom. The van der Waals surface area contributed by atoms with Crippen molar-refractivity contribution in [3.8, 4) is 5.88 Å². The molecule has 0 N–H and O–H groups in total. The summed E-state index contributed by atoms with van der Waals surface area (Å²) in [5, 5.41) is 0. The van der Waals surface area contributed by atoms with Crippen molar-refractivity contribution in [3.05, 3.63) is 77.4 Å². The van der Waals surface area contributed by atoms with Crippen LogP contribution >= 0.6 is 0 Å². The number of rotatable bonds is 7. The Bertz CT molecular complexity index is 1620. The molecule has 0 aliphatic carbocycles. The fourth-order valence-corrected chi connectivity index (χ4v) is 6.18. The highest BCUT2D eigenvalue weighted by Gasteiger charge is 2.32. The lowest BCUT2D eigenvalue weighted by atomic mass is 10.1. The first-order valence-corrected chi connectivity index (χ1v) is 13.7. The molecule has 0 saturated carbocycles. The molecule has 3 aromatic heterocycles. The molecule has 4 aromatic rings. The van der Waals surface area contributed by atoms with Crippen molar-refractivity contribution in [2.24, 2.45) is 0 Å². The number of hydrogen-bond donors (Lipinski definition) is 0. The Hall–Kier alpha value is -3.99. The van der Waals surface area contributed by atoms with Gasteiger partial charge in [-0.3, -0.25) is 0 Å². The molecule has 1 aliphatic heterocycles. The molecule has 0 unspecified atom stereocenters. The maximum Gasteiger partial charge on any atom is 0.341 e. The first-order chi connectivity index (χ1) is 18.2. The molecule has 0 spiro atoms. The molecule has 4 heterocycles. The summed E-state index contributed by atoms with van der Waals surface area (Å²) in [6.07, 6.45) is 3.90. The largest absolute Gasteiger partial charge is 0.481 e. The highest BCUT2D eigenvalue weighted by atomic mass is 32.2. The quantitative estimate of drug-likeness (QED) is 0.314. The summed E-state index contributed by atoms with van der Waals surface area (Å²) in [7, 11) is -2.54. The van der Waals surface area contributed by atoms with Crippen LogP contribution in [-0.4, -0.2) is 48.6 Å². The number of pyridine rings is 2. The van der Waals surface area contributed by atoms with E-state index in [1.165, 1.54) is 31.5 Å². The van der Waals surface area contributed by atoms with Gasteiger partial charge in [-0.05, 0) is 57.0 Å². The average molecular weight is 539 g/mol. The molecule has 1 fully saturated rings. The number of fused-ring (bicyclic) bond motifs is 1. The van der Waals surface area contributed by atoms with Crippen LogP contribution in [-0.2, 0) is 14.8 Å². The average Bonchev–Trinajstić information content (AvgIpc) is 3.54. The number of methoxy groups -OCH3 is 1. The number of ether oxygens (including phenoxy) is 2. The van der Waals surface area contributed by atoms with Crippen LogP contribution in [0.5, 0.6) is 5.88 Å². The van der Waals surface area contributed by atoms with Gasteiger partial charge in [0.1, 0.15) is 22.7 Å². The summed E-state index contributed by atoms with van der Waals surface area (Å²) in [6.45, 7) is 4.29. The fraction of sp³-hybridized carbons (Fsp3) is 0.296. The Labute approximate surface area is 219 Å². The molecule has 0 amide bonds. The van der Waals surface area contributed by atoms with Crippen LogP contribution in [0, 0.1) is 12.7 Å². The Balaban J connectivity index is 1.64. The van der Waals surface area contributed by atoms with E-state index in [0.29, 0.717) is 23.8 Å². The van der Waals surface area contributed by atoms with Crippen molar-refractivity contribution in [2.75, 3.05) is 25.2 Å². The third kappa shape index (κ3) is 4.47. The predicted molar refractivity (Wildman–Crippen MR) is 140 cm³/mol. The number of carbonyl (C=O) groups is 1. The van der Waals surface area contributed by atoms with E-state index >= 15 is 0 Å². The van der Waals surface area contributed by atoms with Gasteiger partial charge < -0.3 is 14.4 Å². The maximum absolute atomic E-state index is 14.1. The van der Waals surface area contributed by atoms with Crippen molar-refractivity contribution < 1.29 is 27.1 Å².